The first-order valence-electron chi connectivity index (χ1n) is 7.87. The predicted octanol–water partition coefficient (Wildman–Crippen LogP) is 1.41. The molecule has 1 heterocycles. The zero-order chi connectivity index (χ0) is 16.6. The molecule has 0 spiro atoms. The molecule has 0 unspecified atom stereocenters. The summed E-state index contributed by atoms with van der Waals surface area (Å²) in [5.74, 6) is -1.14. The van der Waals surface area contributed by atoms with Crippen LogP contribution in [0.25, 0.3) is 0 Å². The van der Waals surface area contributed by atoms with Gasteiger partial charge in [-0.05, 0) is 30.2 Å². The van der Waals surface area contributed by atoms with Crippen LogP contribution in [0.5, 0.6) is 0 Å². The Labute approximate surface area is 136 Å². The number of hydrogen-bond donors (Lipinski definition) is 1. The molecule has 1 N–H and O–H groups in total. The van der Waals surface area contributed by atoms with Gasteiger partial charge in [0.2, 0.25) is 0 Å². The van der Waals surface area contributed by atoms with E-state index in [0.717, 1.165) is 18.4 Å². The molecule has 0 aromatic heterocycles. The zero-order valence-electron chi connectivity index (χ0n) is 13.1. The van der Waals surface area contributed by atoms with Crippen LogP contribution >= 0.6 is 0 Å². The maximum absolute atomic E-state index is 12.8. The Kier molecular flexibility index (Phi) is 4.44. The Balaban J connectivity index is 1.73. The van der Waals surface area contributed by atoms with Crippen LogP contribution < -0.4 is 0 Å². The van der Waals surface area contributed by atoms with E-state index in [1.165, 1.54) is 8.61 Å². The van der Waals surface area contributed by atoms with Crippen molar-refractivity contribution in [3.63, 3.8) is 0 Å². The van der Waals surface area contributed by atoms with Crippen LogP contribution in [0.15, 0.2) is 30.3 Å². The van der Waals surface area contributed by atoms with E-state index in [4.69, 9.17) is 0 Å². The molecule has 1 aromatic carbocycles. The minimum absolute atomic E-state index is 0.0487. The summed E-state index contributed by atoms with van der Waals surface area (Å²) >= 11 is 0. The Hall–Kier alpha value is -1.44. The fourth-order valence-corrected chi connectivity index (χ4v) is 4.78. The lowest BCUT2D eigenvalue weighted by atomic mass is 9.92. The lowest BCUT2D eigenvalue weighted by molar-refractivity contribution is -0.142. The molecule has 6 nitrogen and oxygen atoms in total. The zero-order valence-corrected chi connectivity index (χ0v) is 13.9. The SMILES string of the molecule is CN(Cc1ccccc1)S(=O)(=O)N1C[C@@H](C(=O)O)[C@H](C2CC2)C1. The van der Waals surface area contributed by atoms with Crippen LogP contribution in [0.1, 0.15) is 18.4 Å². The van der Waals surface area contributed by atoms with Crippen LogP contribution in [-0.2, 0) is 21.5 Å². The van der Waals surface area contributed by atoms with Crippen molar-refractivity contribution in [2.75, 3.05) is 20.1 Å². The Bertz CT molecular complexity index is 673. The summed E-state index contributed by atoms with van der Waals surface area (Å²) in [5.41, 5.74) is 0.909. The minimum atomic E-state index is -3.64. The van der Waals surface area contributed by atoms with Gasteiger partial charge < -0.3 is 5.11 Å². The normalized spacial score (nSPS) is 25.8. The van der Waals surface area contributed by atoms with Crippen molar-refractivity contribution >= 4 is 16.2 Å². The van der Waals surface area contributed by atoms with Gasteiger partial charge in [0.1, 0.15) is 0 Å². The lowest BCUT2D eigenvalue weighted by Gasteiger charge is -2.24. The fraction of sp³-hybridized carbons (Fsp3) is 0.562. The summed E-state index contributed by atoms with van der Waals surface area (Å²) in [7, 11) is -2.09. The molecule has 0 radical (unpaired) electrons. The van der Waals surface area contributed by atoms with Crippen LogP contribution in [0.4, 0.5) is 0 Å². The van der Waals surface area contributed by atoms with Crippen LogP contribution in [0.2, 0.25) is 0 Å². The van der Waals surface area contributed by atoms with Crippen LogP contribution in [-0.4, -0.2) is 48.2 Å². The first kappa shape index (κ1) is 16.4. The third-order valence-electron chi connectivity index (χ3n) is 4.84. The Morgan fingerprint density at radius 1 is 1.26 bits per heavy atom. The monoisotopic (exact) mass is 338 g/mol. The number of carbonyl (C=O) groups is 1. The quantitative estimate of drug-likeness (QED) is 0.851. The van der Waals surface area contributed by atoms with Gasteiger partial charge in [-0.1, -0.05) is 30.3 Å². The Morgan fingerprint density at radius 3 is 2.48 bits per heavy atom. The standard InChI is InChI=1S/C16H22N2O4S/c1-17(9-12-5-3-2-4-6-12)23(21,22)18-10-14(13-7-8-13)15(11-18)16(19)20/h2-6,13-15H,7-11H2,1H3,(H,19,20)/t14-,15+/m0/s1. The second-order valence-electron chi connectivity index (χ2n) is 6.51. The van der Waals surface area contributed by atoms with Gasteiger partial charge >= 0.3 is 5.97 Å². The molecule has 2 fully saturated rings. The molecule has 2 atom stereocenters. The van der Waals surface area contributed by atoms with Gasteiger partial charge in [0.15, 0.2) is 0 Å². The molecule has 1 saturated carbocycles. The highest BCUT2D eigenvalue weighted by Gasteiger charge is 2.49. The molecule has 23 heavy (non-hydrogen) atoms. The summed E-state index contributed by atoms with van der Waals surface area (Å²) in [6.07, 6.45) is 2.03. The molecule has 3 rings (SSSR count). The van der Waals surface area contributed by atoms with Crippen molar-refractivity contribution in [1.82, 2.24) is 8.61 Å². The number of aliphatic carboxylic acids is 1. The highest BCUT2D eigenvalue weighted by atomic mass is 32.2. The average molecular weight is 338 g/mol. The highest BCUT2D eigenvalue weighted by Crippen LogP contribution is 2.44. The largest absolute Gasteiger partial charge is 0.481 e. The molecule has 0 bridgehead atoms. The van der Waals surface area contributed by atoms with Crippen LogP contribution in [0, 0.1) is 17.8 Å². The van der Waals surface area contributed by atoms with E-state index < -0.39 is 22.1 Å². The van der Waals surface area contributed by atoms with Gasteiger partial charge in [-0.25, -0.2) is 0 Å². The van der Waals surface area contributed by atoms with Crippen molar-refractivity contribution in [1.29, 1.82) is 0 Å². The molecule has 1 aliphatic heterocycles. The number of benzene rings is 1. The van der Waals surface area contributed by atoms with E-state index in [0.29, 0.717) is 12.5 Å². The first-order valence-corrected chi connectivity index (χ1v) is 9.27. The third-order valence-corrected chi connectivity index (χ3v) is 6.71. The second kappa shape index (κ2) is 6.22. The topological polar surface area (TPSA) is 77.9 Å². The van der Waals surface area contributed by atoms with Crippen molar-refractivity contribution < 1.29 is 18.3 Å². The maximum Gasteiger partial charge on any atom is 0.308 e. The number of carboxylic acids is 1. The smallest absolute Gasteiger partial charge is 0.308 e. The molecule has 126 valence electrons. The molecule has 1 saturated heterocycles. The van der Waals surface area contributed by atoms with Gasteiger partial charge in [0.25, 0.3) is 10.2 Å². The summed E-state index contributed by atoms with van der Waals surface area (Å²) in [5, 5.41) is 9.38. The first-order chi connectivity index (χ1) is 10.9. The number of hydrogen-bond acceptors (Lipinski definition) is 3. The molecule has 2 aliphatic rings. The van der Waals surface area contributed by atoms with Crippen molar-refractivity contribution in [2.24, 2.45) is 17.8 Å². The van der Waals surface area contributed by atoms with Gasteiger partial charge in [-0.15, -0.1) is 0 Å². The van der Waals surface area contributed by atoms with Gasteiger partial charge in [-0.2, -0.15) is 17.0 Å². The second-order valence-corrected chi connectivity index (χ2v) is 8.55. The van der Waals surface area contributed by atoms with E-state index in [1.54, 1.807) is 7.05 Å². The minimum Gasteiger partial charge on any atom is -0.481 e. The molecular weight excluding hydrogens is 316 g/mol. The molecule has 7 heteroatoms. The summed E-state index contributed by atoms with van der Waals surface area (Å²) in [4.78, 5) is 11.4. The van der Waals surface area contributed by atoms with E-state index in [1.807, 2.05) is 30.3 Å². The average Bonchev–Trinajstić information content (AvgIpc) is 3.25. The van der Waals surface area contributed by atoms with Crippen molar-refractivity contribution in [3.05, 3.63) is 35.9 Å². The van der Waals surface area contributed by atoms with Gasteiger partial charge in [0, 0.05) is 26.7 Å². The fourth-order valence-electron chi connectivity index (χ4n) is 3.36. The number of carboxylic acid groups (broad SMARTS) is 1. The predicted molar refractivity (Wildman–Crippen MR) is 85.7 cm³/mol. The van der Waals surface area contributed by atoms with E-state index in [9.17, 15) is 18.3 Å². The number of rotatable bonds is 6. The van der Waals surface area contributed by atoms with Crippen molar-refractivity contribution in [2.45, 2.75) is 19.4 Å². The molecule has 1 aromatic rings. The third kappa shape index (κ3) is 3.41. The Morgan fingerprint density at radius 2 is 1.91 bits per heavy atom. The highest BCUT2D eigenvalue weighted by molar-refractivity contribution is 7.86. The summed E-state index contributed by atoms with van der Waals surface area (Å²) in [6.45, 7) is 0.687. The molecule has 1 aliphatic carbocycles. The van der Waals surface area contributed by atoms with Gasteiger partial charge in [0.05, 0.1) is 5.92 Å². The van der Waals surface area contributed by atoms with Gasteiger partial charge in [-0.3, -0.25) is 4.79 Å². The maximum atomic E-state index is 12.8. The van der Waals surface area contributed by atoms with E-state index >= 15 is 0 Å². The lowest BCUT2D eigenvalue weighted by Crippen LogP contribution is -2.40. The van der Waals surface area contributed by atoms with Crippen LogP contribution in [0.3, 0.4) is 0 Å². The summed E-state index contributed by atoms with van der Waals surface area (Å²) in [6, 6.07) is 9.38. The molecular formula is C16H22N2O4S. The van der Waals surface area contributed by atoms with Crippen molar-refractivity contribution in [3.8, 4) is 0 Å². The molecule has 0 amide bonds. The number of nitrogens with zero attached hydrogens (tertiary/aromatic N) is 2. The van der Waals surface area contributed by atoms with E-state index in [-0.39, 0.29) is 19.0 Å². The van der Waals surface area contributed by atoms with E-state index in [2.05, 4.69) is 0 Å². The summed E-state index contributed by atoms with van der Waals surface area (Å²) < 4.78 is 28.2.